The van der Waals surface area contributed by atoms with Gasteiger partial charge >= 0.3 is 11.9 Å². The van der Waals surface area contributed by atoms with Gasteiger partial charge in [0.2, 0.25) is 0 Å². The number of allylic oxidation sites excluding steroid dienone is 2. The molecule has 138 valence electrons. The molecule has 4 nitrogen and oxygen atoms in total. The topological polar surface area (TPSA) is 52.6 Å². The van der Waals surface area contributed by atoms with E-state index in [9.17, 15) is 9.59 Å². The van der Waals surface area contributed by atoms with E-state index in [2.05, 4.69) is 20.4 Å². The third-order valence-electron chi connectivity index (χ3n) is 6.09. The Morgan fingerprint density at radius 1 is 1.24 bits per heavy atom. The Morgan fingerprint density at radius 3 is 2.48 bits per heavy atom. The van der Waals surface area contributed by atoms with Crippen molar-refractivity contribution >= 4 is 11.9 Å². The number of hydrogen-bond acceptors (Lipinski definition) is 4. The molecule has 2 rings (SSSR count). The van der Waals surface area contributed by atoms with Crippen molar-refractivity contribution in [1.29, 1.82) is 0 Å². The van der Waals surface area contributed by atoms with Gasteiger partial charge < -0.3 is 9.47 Å². The van der Waals surface area contributed by atoms with E-state index >= 15 is 0 Å². The zero-order valence-electron chi connectivity index (χ0n) is 16.1. The van der Waals surface area contributed by atoms with Crippen molar-refractivity contribution in [2.24, 2.45) is 11.3 Å². The second kappa shape index (κ2) is 7.59. The third-order valence-corrected chi connectivity index (χ3v) is 6.09. The fraction of sp³-hybridized carbons (Fsp3) is 0.619. The molecule has 0 amide bonds. The van der Waals surface area contributed by atoms with E-state index in [1.807, 2.05) is 6.92 Å². The Morgan fingerprint density at radius 2 is 1.88 bits per heavy atom. The summed E-state index contributed by atoms with van der Waals surface area (Å²) in [6, 6.07) is 0. The minimum atomic E-state index is -0.325. The van der Waals surface area contributed by atoms with Gasteiger partial charge in [-0.1, -0.05) is 25.2 Å². The van der Waals surface area contributed by atoms with E-state index in [1.165, 1.54) is 12.7 Å². The van der Waals surface area contributed by atoms with Gasteiger partial charge in [0.15, 0.2) is 0 Å². The average molecular weight is 346 g/mol. The molecule has 1 saturated carbocycles. The molecule has 4 heteroatoms. The Bertz CT molecular complexity index is 640. The highest BCUT2D eigenvalue weighted by Crippen LogP contribution is 2.52. The number of carbonyl (C=O) groups is 2. The summed E-state index contributed by atoms with van der Waals surface area (Å²) in [5, 5.41) is 0. The molecule has 0 bridgehead atoms. The number of hydrogen-bond donors (Lipinski definition) is 0. The molecule has 0 heterocycles. The second-order valence-electron chi connectivity index (χ2n) is 7.58. The van der Waals surface area contributed by atoms with Gasteiger partial charge in [0.25, 0.3) is 0 Å². The highest BCUT2D eigenvalue weighted by atomic mass is 16.5. The molecule has 0 aromatic rings. The lowest BCUT2D eigenvalue weighted by Crippen LogP contribution is -2.37. The molecule has 25 heavy (non-hydrogen) atoms. The Hall–Kier alpha value is -1.84. The van der Waals surface area contributed by atoms with Crippen LogP contribution in [0.4, 0.5) is 0 Å². The summed E-state index contributed by atoms with van der Waals surface area (Å²) in [5.41, 5.74) is 3.79. The van der Waals surface area contributed by atoms with Crippen molar-refractivity contribution in [3.63, 3.8) is 0 Å². The molecular weight excluding hydrogens is 316 g/mol. The van der Waals surface area contributed by atoms with Crippen molar-refractivity contribution in [1.82, 2.24) is 0 Å². The highest BCUT2D eigenvalue weighted by molar-refractivity contribution is 5.88. The van der Waals surface area contributed by atoms with Gasteiger partial charge in [0.05, 0.1) is 7.11 Å². The van der Waals surface area contributed by atoms with Crippen LogP contribution in [0.3, 0.4) is 0 Å². The zero-order valence-corrected chi connectivity index (χ0v) is 16.1. The van der Waals surface area contributed by atoms with Crippen LogP contribution in [0.5, 0.6) is 0 Å². The van der Waals surface area contributed by atoms with E-state index in [0.717, 1.165) is 37.7 Å². The van der Waals surface area contributed by atoms with Crippen LogP contribution in [0.15, 0.2) is 34.9 Å². The smallest absolute Gasteiger partial charge is 0.333 e. The molecule has 0 aromatic heterocycles. The van der Waals surface area contributed by atoms with Crippen LogP contribution in [0, 0.1) is 11.3 Å². The van der Waals surface area contributed by atoms with Crippen LogP contribution >= 0.6 is 0 Å². The van der Waals surface area contributed by atoms with Crippen LogP contribution in [0.2, 0.25) is 0 Å². The summed E-state index contributed by atoms with van der Waals surface area (Å²) < 4.78 is 10.6. The van der Waals surface area contributed by atoms with Crippen LogP contribution in [-0.4, -0.2) is 25.2 Å². The zero-order chi connectivity index (χ0) is 18.8. The summed E-state index contributed by atoms with van der Waals surface area (Å²) in [6.07, 6.45) is 6.23. The molecule has 0 aromatic carbocycles. The number of fused-ring (bicyclic) bond motifs is 1. The van der Waals surface area contributed by atoms with Gasteiger partial charge in [0, 0.05) is 11.1 Å². The SMILES string of the molecule is C=C(C(=O)OC)[C@@H]1CC[C@@]2(C)CC[C@H](OC(=O)/C(C)=C\C)C(C)=C2C1. The number of methoxy groups -OCH3 is 1. The first-order valence-electron chi connectivity index (χ1n) is 9.04. The van der Waals surface area contributed by atoms with Crippen molar-refractivity contribution in [3.8, 4) is 0 Å². The van der Waals surface area contributed by atoms with E-state index in [4.69, 9.17) is 9.47 Å². The molecule has 0 unspecified atom stereocenters. The molecule has 0 spiro atoms. The van der Waals surface area contributed by atoms with Gasteiger partial charge in [-0.15, -0.1) is 0 Å². The Kier molecular flexibility index (Phi) is 5.91. The maximum Gasteiger partial charge on any atom is 0.333 e. The number of rotatable bonds is 4. The lowest BCUT2D eigenvalue weighted by atomic mass is 9.60. The van der Waals surface area contributed by atoms with Crippen molar-refractivity contribution < 1.29 is 19.1 Å². The molecule has 2 aliphatic carbocycles. The lowest BCUT2D eigenvalue weighted by molar-refractivity contribution is -0.143. The van der Waals surface area contributed by atoms with Gasteiger partial charge in [-0.25, -0.2) is 9.59 Å². The maximum atomic E-state index is 12.1. The first-order chi connectivity index (χ1) is 11.7. The molecule has 0 saturated heterocycles. The first kappa shape index (κ1) is 19.5. The first-order valence-corrected chi connectivity index (χ1v) is 9.04. The number of ether oxygens (including phenoxy) is 2. The van der Waals surface area contributed by atoms with Gasteiger partial charge in [-0.3, -0.25) is 0 Å². The monoisotopic (exact) mass is 346 g/mol. The predicted molar refractivity (Wildman–Crippen MR) is 97.8 cm³/mol. The highest BCUT2D eigenvalue weighted by Gasteiger charge is 2.42. The van der Waals surface area contributed by atoms with Crippen LogP contribution in [0.1, 0.15) is 59.8 Å². The lowest BCUT2D eigenvalue weighted by Gasteiger charge is -2.46. The van der Waals surface area contributed by atoms with E-state index in [0.29, 0.717) is 11.1 Å². The number of esters is 2. The molecule has 0 N–H and O–H groups in total. The molecule has 1 fully saturated rings. The Labute approximate surface area is 151 Å². The average Bonchev–Trinajstić information content (AvgIpc) is 2.61. The van der Waals surface area contributed by atoms with Gasteiger partial charge in [-0.2, -0.15) is 0 Å². The molecule has 0 radical (unpaired) electrons. The van der Waals surface area contributed by atoms with Crippen molar-refractivity contribution in [2.45, 2.75) is 65.9 Å². The summed E-state index contributed by atoms with van der Waals surface area (Å²) in [4.78, 5) is 24.0. The molecule has 3 atom stereocenters. The van der Waals surface area contributed by atoms with Crippen molar-refractivity contribution in [2.75, 3.05) is 7.11 Å². The van der Waals surface area contributed by atoms with E-state index < -0.39 is 0 Å². The summed E-state index contributed by atoms with van der Waals surface area (Å²) in [5.74, 6) is -0.464. The largest absolute Gasteiger partial charge is 0.466 e. The Balaban J connectivity index is 2.23. The normalized spacial score (nSPS) is 29.7. The van der Waals surface area contributed by atoms with Crippen LogP contribution in [0.25, 0.3) is 0 Å². The summed E-state index contributed by atoms with van der Waals surface area (Å²) in [7, 11) is 1.39. The summed E-state index contributed by atoms with van der Waals surface area (Å²) in [6.45, 7) is 11.9. The second-order valence-corrected chi connectivity index (χ2v) is 7.58. The minimum absolute atomic E-state index is 0.109. The minimum Gasteiger partial charge on any atom is -0.466 e. The summed E-state index contributed by atoms with van der Waals surface area (Å²) >= 11 is 0. The van der Waals surface area contributed by atoms with E-state index in [-0.39, 0.29) is 29.4 Å². The quantitative estimate of drug-likeness (QED) is 0.427. The van der Waals surface area contributed by atoms with Crippen LogP contribution < -0.4 is 0 Å². The van der Waals surface area contributed by atoms with Gasteiger partial charge in [0.1, 0.15) is 6.10 Å². The fourth-order valence-corrected chi connectivity index (χ4v) is 4.09. The van der Waals surface area contributed by atoms with E-state index in [1.54, 1.807) is 13.0 Å². The number of carbonyl (C=O) groups excluding carboxylic acids is 2. The maximum absolute atomic E-state index is 12.1. The fourth-order valence-electron chi connectivity index (χ4n) is 4.09. The predicted octanol–water partition coefficient (Wildman–Crippen LogP) is 4.51. The standard InChI is InChI=1S/C21H30O4/c1-7-13(2)19(22)25-18-9-11-21(5)10-8-16(12-17(21)15(18)4)14(3)20(23)24-6/h7,16,18H,3,8-12H2,1-2,4-6H3/b13-7-/t16-,18+,21+/m1/s1. The van der Waals surface area contributed by atoms with Gasteiger partial charge in [-0.05, 0) is 69.8 Å². The van der Waals surface area contributed by atoms with Crippen molar-refractivity contribution in [3.05, 3.63) is 34.9 Å². The third kappa shape index (κ3) is 3.88. The molecule has 2 aliphatic rings. The molecular formula is C21H30O4. The van der Waals surface area contributed by atoms with Crippen LogP contribution in [-0.2, 0) is 19.1 Å². The molecule has 0 aliphatic heterocycles.